The number of allylic oxidation sites excluding steroid dienone is 2. The maximum Gasteiger partial charge on any atom is 0.265 e. The summed E-state index contributed by atoms with van der Waals surface area (Å²) in [5.74, 6) is -1.09. The number of aromatic hydroxyl groups is 1. The molecule has 0 spiro atoms. The molecule has 2 amide bonds. The standard InChI is InChI=1S/C27H40N4O4S2/c1-5-9-16-28-22(32)20(23(33)29(26(28)36)17-10-6-2)14-13-15-21-24(34)30(18-11-7-3)27(37)31(25(21)35)19-12-8-4/h13-15,32H,5-12,16-19H2,1-4H3/b14-13+. The number of hydrogen-bond acceptors (Lipinski definition) is 6. The summed E-state index contributed by atoms with van der Waals surface area (Å²) in [6.45, 7) is 9.94. The fraction of sp³-hybridized carbons (Fsp3) is 0.593. The fourth-order valence-electron chi connectivity index (χ4n) is 4.00. The number of aromatic nitrogens is 2. The second kappa shape index (κ2) is 15.0. The van der Waals surface area contributed by atoms with Gasteiger partial charge in [0.2, 0.25) is 5.88 Å². The van der Waals surface area contributed by atoms with Crippen molar-refractivity contribution in [1.29, 1.82) is 0 Å². The summed E-state index contributed by atoms with van der Waals surface area (Å²) in [7, 11) is 0. The van der Waals surface area contributed by atoms with Gasteiger partial charge in [-0.1, -0.05) is 59.5 Å². The van der Waals surface area contributed by atoms with Crippen LogP contribution in [0.4, 0.5) is 0 Å². The van der Waals surface area contributed by atoms with Gasteiger partial charge in [-0.2, -0.15) is 0 Å². The van der Waals surface area contributed by atoms with E-state index >= 15 is 0 Å². The Morgan fingerprint density at radius 3 is 1.68 bits per heavy atom. The number of thiocarbonyl (C=S) groups is 1. The number of hydrogen-bond donors (Lipinski definition) is 1. The summed E-state index contributed by atoms with van der Waals surface area (Å²) >= 11 is 11.0. The van der Waals surface area contributed by atoms with E-state index in [-0.39, 0.29) is 22.1 Å². The van der Waals surface area contributed by atoms with Crippen LogP contribution in [0.15, 0.2) is 22.5 Å². The molecular formula is C27H40N4O4S2. The average Bonchev–Trinajstić information content (AvgIpc) is 2.87. The van der Waals surface area contributed by atoms with Gasteiger partial charge in [-0.25, -0.2) is 0 Å². The first-order valence-electron chi connectivity index (χ1n) is 13.4. The lowest BCUT2D eigenvalue weighted by Gasteiger charge is -2.36. The van der Waals surface area contributed by atoms with Crippen LogP contribution in [0.3, 0.4) is 0 Å². The van der Waals surface area contributed by atoms with Gasteiger partial charge < -0.3 is 5.11 Å². The molecule has 0 unspecified atom stereocenters. The van der Waals surface area contributed by atoms with Gasteiger partial charge in [0, 0.05) is 26.2 Å². The Hall–Kier alpha value is -2.59. The Labute approximate surface area is 230 Å². The van der Waals surface area contributed by atoms with Gasteiger partial charge in [-0.15, -0.1) is 0 Å². The predicted molar refractivity (Wildman–Crippen MR) is 154 cm³/mol. The molecule has 0 saturated carbocycles. The molecule has 0 radical (unpaired) electrons. The van der Waals surface area contributed by atoms with Gasteiger partial charge in [-0.05, 0) is 62.3 Å². The van der Waals surface area contributed by atoms with Gasteiger partial charge in [0.15, 0.2) is 9.88 Å². The Morgan fingerprint density at radius 1 is 0.730 bits per heavy atom. The number of carbonyl (C=O) groups is 2. The van der Waals surface area contributed by atoms with E-state index in [9.17, 15) is 19.5 Å². The van der Waals surface area contributed by atoms with Crippen molar-refractivity contribution in [3.05, 3.63) is 38.4 Å². The second-order valence-corrected chi connectivity index (χ2v) is 9.91. The molecule has 1 saturated heterocycles. The molecule has 0 aromatic carbocycles. The maximum atomic E-state index is 13.2. The molecule has 8 nitrogen and oxygen atoms in total. The van der Waals surface area contributed by atoms with E-state index in [1.165, 1.54) is 32.6 Å². The molecule has 0 atom stereocenters. The molecule has 1 aliphatic rings. The van der Waals surface area contributed by atoms with Gasteiger partial charge in [0.1, 0.15) is 11.1 Å². The van der Waals surface area contributed by atoms with Crippen LogP contribution in [0.25, 0.3) is 6.08 Å². The highest BCUT2D eigenvalue weighted by molar-refractivity contribution is 7.80. The maximum absolute atomic E-state index is 13.2. The monoisotopic (exact) mass is 548 g/mol. The summed E-state index contributed by atoms with van der Waals surface area (Å²) in [5.41, 5.74) is -0.328. The minimum Gasteiger partial charge on any atom is -0.494 e. The third-order valence-electron chi connectivity index (χ3n) is 6.31. The van der Waals surface area contributed by atoms with Crippen LogP contribution < -0.4 is 5.56 Å². The Kier molecular flexibility index (Phi) is 12.4. The Morgan fingerprint density at radius 2 is 1.19 bits per heavy atom. The summed E-state index contributed by atoms with van der Waals surface area (Å²) in [5, 5.41) is 11.2. The van der Waals surface area contributed by atoms with Crippen LogP contribution in [-0.2, 0) is 22.7 Å². The highest BCUT2D eigenvalue weighted by Crippen LogP contribution is 2.21. The molecule has 37 heavy (non-hydrogen) atoms. The third kappa shape index (κ3) is 7.25. The van der Waals surface area contributed by atoms with Crippen molar-refractivity contribution in [2.24, 2.45) is 0 Å². The van der Waals surface area contributed by atoms with Crippen LogP contribution >= 0.6 is 24.4 Å². The molecule has 204 valence electrons. The van der Waals surface area contributed by atoms with Crippen molar-refractivity contribution in [1.82, 2.24) is 18.9 Å². The van der Waals surface area contributed by atoms with Crippen molar-refractivity contribution < 1.29 is 14.7 Å². The molecule has 10 heteroatoms. The van der Waals surface area contributed by atoms with Crippen molar-refractivity contribution in [2.75, 3.05) is 13.1 Å². The van der Waals surface area contributed by atoms with E-state index in [0.29, 0.717) is 31.0 Å². The predicted octanol–water partition coefficient (Wildman–Crippen LogP) is 5.18. The smallest absolute Gasteiger partial charge is 0.265 e. The van der Waals surface area contributed by atoms with Crippen molar-refractivity contribution >= 4 is 47.4 Å². The lowest BCUT2D eigenvalue weighted by molar-refractivity contribution is -0.133. The van der Waals surface area contributed by atoms with E-state index in [2.05, 4.69) is 0 Å². The molecule has 2 heterocycles. The molecule has 1 fully saturated rings. The van der Waals surface area contributed by atoms with Gasteiger partial charge in [-0.3, -0.25) is 33.3 Å². The lowest BCUT2D eigenvalue weighted by Crippen LogP contribution is -2.56. The van der Waals surface area contributed by atoms with Crippen LogP contribution in [0.1, 0.15) is 84.6 Å². The van der Waals surface area contributed by atoms with E-state index in [1.807, 2.05) is 27.7 Å². The first-order valence-corrected chi connectivity index (χ1v) is 14.2. The summed E-state index contributed by atoms with van der Waals surface area (Å²) < 4.78 is 3.39. The number of unbranched alkanes of at least 4 members (excludes halogenated alkanes) is 4. The molecule has 1 aromatic heterocycles. The molecule has 1 aromatic rings. The summed E-state index contributed by atoms with van der Waals surface area (Å²) in [4.78, 5) is 42.6. The zero-order valence-corrected chi connectivity index (χ0v) is 24.1. The van der Waals surface area contributed by atoms with E-state index in [0.717, 1.165) is 51.4 Å². The van der Waals surface area contributed by atoms with E-state index in [1.54, 1.807) is 4.57 Å². The van der Waals surface area contributed by atoms with Crippen molar-refractivity contribution in [3.8, 4) is 5.88 Å². The van der Waals surface area contributed by atoms with Crippen molar-refractivity contribution in [2.45, 2.75) is 92.2 Å². The number of amides is 2. The Balaban J connectivity index is 2.54. The number of rotatable bonds is 14. The minimum absolute atomic E-state index is 0.0124. The molecule has 0 bridgehead atoms. The van der Waals surface area contributed by atoms with Crippen molar-refractivity contribution in [3.63, 3.8) is 0 Å². The summed E-state index contributed by atoms with van der Waals surface area (Å²) in [6, 6.07) is 0. The SMILES string of the molecule is CCCCN1C(=O)C(=C/C=C/c2c(O)n(CCCC)c(=S)n(CCCC)c2=O)C(=O)N(CCCC)C1=S. The Bertz CT molecular complexity index is 1130. The average molecular weight is 549 g/mol. The number of nitrogens with zero attached hydrogens (tertiary/aromatic N) is 4. The van der Waals surface area contributed by atoms with Gasteiger partial charge in [0.25, 0.3) is 17.4 Å². The zero-order valence-electron chi connectivity index (χ0n) is 22.5. The van der Waals surface area contributed by atoms with E-state index in [4.69, 9.17) is 24.4 Å². The molecule has 1 aliphatic heterocycles. The van der Waals surface area contributed by atoms with Crippen LogP contribution in [0.5, 0.6) is 5.88 Å². The zero-order chi connectivity index (χ0) is 27.5. The van der Waals surface area contributed by atoms with Gasteiger partial charge >= 0.3 is 0 Å². The second-order valence-electron chi connectivity index (χ2n) is 9.18. The third-order valence-corrected chi connectivity index (χ3v) is 7.20. The minimum atomic E-state index is -0.440. The summed E-state index contributed by atoms with van der Waals surface area (Å²) in [6.07, 6.45) is 11.0. The largest absolute Gasteiger partial charge is 0.494 e. The van der Waals surface area contributed by atoms with Crippen LogP contribution in [0, 0.1) is 4.77 Å². The first kappa shape index (κ1) is 30.6. The fourth-order valence-corrected chi connectivity index (χ4v) is 4.70. The highest BCUT2D eigenvalue weighted by Gasteiger charge is 2.38. The molecular weight excluding hydrogens is 508 g/mol. The molecule has 0 aliphatic carbocycles. The van der Waals surface area contributed by atoms with Crippen LogP contribution in [-0.4, -0.2) is 54.1 Å². The topological polar surface area (TPSA) is 87.8 Å². The van der Waals surface area contributed by atoms with E-state index < -0.39 is 17.4 Å². The van der Waals surface area contributed by atoms with Crippen LogP contribution in [0.2, 0.25) is 0 Å². The molecule has 1 N–H and O–H groups in total. The normalized spacial score (nSPS) is 14.4. The molecule has 2 rings (SSSR count). The lowest BCUT2D eigenvalue weighted by atomic mass is 10.1. The first-order chi connectivity index (χ1) is 17.7. The number of carbonyl (C=O) groups excluding carboxylic acids is 2. The quantitative estimate of drug-likeness (QED) is 0.196. The van der Waals surface area contributed by atoms with Gasteiger partial charge in [0.05, 0.1) is 0 Å². The highest BCUT2D eigenvalue weighted by atomic mass is 32.1.